The van der Waals surface area contributed by atoms with E-state index in [1.807, 2.05) is 13.8 Å². The third-order valence-corrected chi connectivity index (χ3v) is 8.46. The second-order valence-electron chi connectivity index (χ2n) is 9.32. The lowest BCUT2D eigenvalue weighted by Crippen LogP contribution is -2.51. The first-order valence-corrected chi connectivity index (χ1v) is 14.7. The number of nitrogens with one attached hydrogen (secondary N) is 1. The fourth-order valence-electron chi connectivity index (χ4n) is 3.78. The molecule has 3 rings (SSSR count). The summed E-state index contributed by atoms with van der Waals surface area (Å²) in [6.45, 7) is 7.69. The minimum Gasteiger partial charge on any atom is -0.486 e. The molecule has 2 aromatic rings. The van der Waals surface area contributed by atoms with Crippen LogP contribution >= 0.6 is 23.2 Å². The van der Waals surface area contributed by atoms with Crippen LogP contribution in [0.4, 0.5) is 5.69 Å². The second kappa shape index (κ2) is 12.9. The molecule has 1 heterocycles. The molecular weight excluding hydrogens is 553 g/mol. The zero-order valence-electron chi connectivity index (χ0n) is 21.9. The van der Waals surface area contributed by atoms with Crippen molar-refractivity contribution in [3.63, 3.8) is 0 Å². The Bertz CT molecular complexity index is 1270. The van der Waals surface area contributed by atoms with Crippen molar-refractivity contribution in [3.8, 4) is 11.5 Å². The summed E-state index contributed by atoms with van der Waals surface area (Å²) in [5, 5.41) is 3.50. The summed E-state index contributed by atoms with van der Waals surface area (Å²) in [5.74, 6) is -0.0351. The SMILES string of the molecule is CCS(=O)(=O)N(CC(=O)N(Cc1ccc(Cl)c(Cl)c1)[C@H](C)C(=O)NCC(C)C)c1ccc2c(c1)OCCO2. The van der Waals surface area contributed by atoms with Gasteiger partial charge in [-0.1, -0.05) is 43.1 Å². The van der Waals surface area contributed by atoms with E-state index in [4.69, 9.17) is 32.7 Å². The molecule has 12 heteroatoms. The molecule has 9 nitrogen and oxygen atoms in total. The molecule has 0 saturated heterocycles. The Morgan fingerprint density at radius 2 is 1.68 bits per heavy atom. The highest BCUT2D eigenvalue weighted by Crippen LogP contribution is 2.35. The Balaban J connectivity index is 1.94. The van der Waals surface area contributed by atoms with Crippen LogP contribution < -0.4 is 19.1 Å². The molecule has 0 fully saturated rings. The van der Waals surface area contributed by atoms with Crippen molar-refractivity contribution >= 4 is 50.7 Å². The maximum absolute atomic E-state index is 13.7. The smallest absolute Gasteiger partial charge is 0.244 e. The summed E-state index contributed by atoms with van der Waals surface area (Å²) >= 11 is 12.2. The predicted molar refractivity (Wildman–Crippen MR) is 149 cm³/mol. The number of sulfonamides is 1. The van der Waals surface area contributed by atoms with Crippen LogP contribution in [0, 0.1) is 5.92 Å². The summed E-state index contributed by atoms with van der Waals surface area (Å²) < 4.78 is 38.4. The van der Waals surface area contributed by atoms with Gasteiger partial charge in [-0.3, -0.25) is 13.9 Å². The minimum absolute atomic E-state index is 0.0210. The molecule has 38 heavy (non-hydrogen) atoms. The van der Waals surface area contributed by atoms with E-state index in [9.17, 15) is 18.0 Å². The van der Waals surface area contributed by atoms with Gasteiger partial charge in [-0.2, -0.15) is 0 Å². The number of carbonyl (C=O) groups excluding carboxylic acids is 2. The fraction of sp³-hybridized carbons (Fsp3) is 0.462. The van der Waals surface area contributed by atoms with Gasteiger partial charge in [-0.25, -0.2) is 8.42 Å². The number of hydrogen-bond acceptors (Lipinski definition) is 6. The minimum atomic E-state index is -3.87. The summed E-state index contributed by atoms with van der Waals surface area (Å²) in [4.78, 5) is 28.0. The molecule has 2 aromatic carbocycles. The largest absolute Gasteiger partial charge is 0.486 e. The van der Waals surface area contributed by atoms with Crippen molar-refractivity contribution in [2.45, 2.75) is 40.3 Å². The number of benzene rings is 2. The highest BCUT2D eigenvalue weighted by Gasteiger charge is 2.31. The number of fused-ring (bicyclic) bond motifs is 1. The summed E-state index contributed by atoms with van der Waals surface area (Å²) in [5.41, 5.74) is 0.899. The zero-order valence-corrected chi connectivity index (χ0v) is 24.2. The van der Waals surface area contributed by atoms with E-state index in [1.165, 1.54) is 17.9 Å². The molecule has 0 spiro atoms. The van der Waals surface area contributed by atoms with Crippen LogP contribution in [0.2, 0.25) is 10.0 Å². The monoisotopic (exact) mass is 585 g/mol. The summed E-state index contributed by atoms with van der Waals surface area (Å²) in [7, 11) is -3.87. The van der Waals surface area contributed by atoms with Gasteiger partial charge in [-0.15, -0.1) is 0 Å². The van der Waals surface area contributed by atoms with Crippen LogP contribution in [0.25, 0.3) is 0 Å². The van der Waals surface area contributed by atoms with Crippen LogP contribution in [0.3, 0.4) is 0 Å². The topological polar surface area (TPSA) is 105 Å². The number of carbonyl (C=O) groups is 2. The van der Waals surface area contributed by atoms with E-state index in [1.54, 1.807) is 37.3 Å². The summed E-state index contributed by atoms with van der Waals surface area (Å²) in [6, 6.07) is 8.75. The molecule has 0 unspecified atom stereocenters. The maximum Gasteiger partial charge on any atom is 0.244 e. The average Bonchev–Trinajstić information content (AvgIpc) is 2.89. The van der Waals surface area contributed by atoms with Crippen LogP contribution in [-0.2, 0) is 26.2 Å². The van der Waals surface area contributed by atoms with E-state index in [0.29, 0.717) is 46.9 Å². The van der Waals surface area contributed by atoms with Gasteiger partial charge in [0, 0.05) is 19.2 Å². The number of nitrogens with zero attached hydrogens (tertiary/aromatic N) is 2. The molecule has 2 amide bonds. The van der Waals surface area contributed by atoms with Crippen molar-refractivity contribution in [2.75, 3.05) is 36.4 Å². The highest BCUT2D eigenvalue weighted by molar-refractivity contribution is 7.92. The van der Waals surface area contributed by atoms with Gasteiger partial charge in [0.1, 0.15) is 25.8 Å². The molecule has 0 radical (unpaired) electrons. The van der Waals surface area contributed by atoms with Crippen molar-refractivity contribution in [3.05, 3.63) is 52.0 Å². The fourth-order valence-corrected chi connectivity index (χ4v) is 5.15. The van der Waals surface area contributed by atoms with Gasteiger partial charge >= 0.3 is 0 Å². The van der Waals surface area contributed by atoms with Gasteiger partial charge in [0.15, 0.2) is 11.5 Å². The lowest BCUT2D eigenvalue weighted by Gasteiger charge is -2.32. The number of hydrogen-bond donors (Lipinski definition) is 1. The van der Waals surface area contributed by atoms with Crippen LogP contribution in [0.15, 0.2) is 36.4 Å². The van der Waals surface area contributed by atoms with Crippen LogP contribution in [-0.4, -0.2) is 63.2 Å². The molecule has 1 aliphatic heterocycles. The van der Waals surface area contributed by atoms with Crippen LogP contribution in [0.5, 0.6) is 11.5 Å². The summed E-state index contributed by atoms with van der Waals surface area (Å²) in [6.07, 6.45) is 0. The van der Waals surface area contributed by atoms with E-state index in [0.717, 1.165) is 4.31 Å². The molecule has 0 aliphatic carbocycles. The first-order chi connectivity index (χ1) is 17.9. The van der Waals surface area contributed by atoms with E-state index < -0.39 is 28.5 Å². The molecule has 1 atom stereocenters. The van der Waals surface area contributed by atoms with Gasteiger partial charge in [0.2, 0.25) is 21.8 Å². The molecule has 0 bridgehead atoms. The molecule has 1 aliphatic rings. The first kappa shape index (κ1) is 29.9. The van der Waals surface area contributed by atoms with Gasteiger partial charge in [0.05, 0.1) is 21.5 Å². The van der Waals surface area contributed by atoms with Gasteiger partial charge in [0.25, 0.3) is 0 Å². The Labute approximate surface area is 234 Å². The number of anilines is 1. The van der Waals surface area contributed by atoms with Crippen LogP contribution in [0.1, 0.15) is 33.3 Å². The predicted octanol–water partition coefficient (Wildman–Crippen LogP) is 4.11. The molecule has 208 valence electrons. The number of amides is 2. The Kier molecular flexibility index (Phi) is 10.1. The van der Waals surface area contributed by atoms with E-state index in [2.05, 4.69) is 5.32 Å². The average molecular weight is 587 g/mol. The van der Waals surface area contributed by atoms with E-state index >= 15 is 0 Å². The Morgan fingerprint density at radius 3 is 2.32 bits per heavy atom. The molecule has 1 N–H and O–H groups in total. The normalized spacial score (nSPS) is 13.7. The number of ether oxygens (including phenoxy) is 2. The first-order valence-electron chi connectivity index (χ1n) is 12.3. The van der Waals surface area contributed by atoms with Crippen molar-refractivity contribution in [1.82, 2.24) is 10.2 Å². The van der Waals surface area contributed by atoms with E-state index in [-0.39, 0.29) is 29.8 Å². The number of rotatable bonds is 11. The van der Waals surface area contributed by atoms with Gasteiger partial charge < -0.3 is 19.7 Å². The standard InChI is InChI=1S/C26H33Cl2N3O6S/c1-5-38(34,35)31(20-7-9-23-24(13-20)37-11-10-36-23)16-25(32)30(18(4)26(33)29-14-17(2)3)15-19-6-8-21(27)22(28)12-19/h6-9,12-13,17-18H,5,10-11,14-16H2,1-4H3,(H,29,33)/t18-/m1/s1. The zero-order chi connectivity index (χ0) is 28.0. The molecule has 0 saturated carbocycles. The van der Waals surface area contributed by atoms with Crippen molar-refractivity contribution < 1.29 is 27.5 Å². The molecular formula is C26H33Cl2N3O6S. The second-order valence-corrected chi connectivity index (χ2v) is 12.3. The highest BCUT2D eigenvalue weighted by atomic mass is 35.5. The van der Waals surface area contributed by atoms with Gasteiger partial charge in [-0.05, 0) is 49.6 Å². The number of halogens is 2. The molecule has 0 aromatic heterocycles. The third-order valence-electron chi connectivity index (χ3n) is 5.98. The quantitative estimate of drug-likeness (QED) is 0.425. The Hall–Kier alpha value is -2.69. The lowest BCUT2D eigenvalue weighted by molar-refractivity contribution is -0.139. The third kappa shape index (κ3) is 7.45. The maximum atomic E-state index is 13.7. The van der Waals surface area contributed by atoms with Crippen molar-refractivity contribution in [2.24, 2.45) is 5.92 Å². The lowest BCUT2D eigenvalue weighted by atomic mass is 10.1. The van der Waals surface area contributed by atoms with Crippen molar-refractivity contribution in [1.29, 1.82) is 0 Å². The Morgan fingerprint density at radius 1 is 1.00 bits per heavy atom.